The first-order chi connectivity index (χ1) is 12.4. The van der Waals surface area contributed by atoms with Crippen LogP contribution >= 0.6 is 11.6 Å². The smallest absolute Gasteiger partial charge is 0.248 e. The number of carbonyl (C=O) groups is 3. The lowest BCUT2D eigenvalue weighted by molar-refractivity contribution is -0.118. The van der Waals surface area contributed by atoms with Crippen LogP contribution in [-0.4, -0.2) is 17.6 Å². The Bertz CT molecular complexity index is 858. The number of anilines is 1. The van der Waals surface area contributed by atoms with Crippen molar-refractivity contribution in [1.82, 2.24) is 5.32 Å². The third-order valence-electron chi connectivity index (χ3n) is 3.66. The maximum Gasteiger partial charge on any atom is 0.248 e. The molecule has 26 heavy (non-hydrogen) atoms. The molecule has 2 aromatic carbocycles. The fourth-order valence-electron chi connectivity index (χ4n) is 2.19. The molecule has 0 saturated carbocycles. The summed E-state index contributed by atoms with van der Waals surface area (Å²) in [4.78, 5) is 35.3. The second-order valence-electron chi connectivity index (χ2n) is 5.72. The van der Waals surface area contributed by atoms with Gasteiger partial charge in [-0.1, -0.05) is 29.8 Å². The van der Waals surface area contributed by atoms with Gasteiger partial charge in [-0.05, 0) is 49.7 Å². The van der Waals surface area contributed by atoms with Gasteiger partial charge in [0.2, 0.25) is 11.8 Å². The Balaban J connectivity index is 1.92. The second kappa shape index (κ2) is 8.97. The molecule has 2 N–H and O–H groups in total. The van der Waals surface area contributed by atoms with Gasteiger partial charge in [0, 0.05) is 34.5 Å². The molecule has 0 saturated heterocycles. The number of carbonyl (C=O) groups excluding carboxylic acids is 3. The minimum absolute atomic E-state index is 0.0474. The first kappa shape index (κ1) is 19.4. The Morgan fingerprint density at radius 1 is 1.00 bits per heavy atom. The highest BCUT2D eigenvalue weighted by Gasteiger charge is 2.08. The number of hydrogen-bond donors (Lipinski definition) is 2. The summed E-state index contributed by atoms with van der Waals surface area (Å²) >= 11 is 6.04. The van der Waals surface area contributed by atoms with Crippen molar-refractivity contribution < 1.29 is 14.4 Å². The molecule has 0 fully saturated rings. The second-order valence-corrected chi connectivity index (χ2v) is 6.13. The lowest BCUT2D eigenvalue weighted by Gasteiger charge is -2.07. The largest absolute Gasteiger partial charge is 0.348 e. The van der Waals surface area contributed by atoms with Crippen molar-refractivity contribution in [3.63, 3.8) is 0 Å². The van der Waals surface area contributed by atoms with E-state index in [4.69, 9.17) is 11.6 Å². The molecule has 0 aliphatic heterocycles. The predicted octanol–water partition coefficient (Wildman–Crippen LogP) is 3.74. The molecule has 0 atom stereocenters. The first-order valence-electron chi connectivity index (χ1n) is 7.98. The van der Waals surface area contributed by atoms with Crippen LogP contribution in [0.1, 0.15) is 29.8 Å². The topological polar surface area (TPSA) is 75.3 Å². The Labute approximate surface area is 157 Å². The molecule has 0 radical (unpaired) electrons. The van der Waals surface area contributed by atoms with Crippen molar-refractivity contribution in [2.75, 3.05) is 5.32 Å². The molecule has 0 spiro atoms. The van der Waals surface area contributed by atoms with E-state index in [2.05, 4.69) is 10.6 Å². The van der Waals surface area contributed by atoms with Crippen molar-refractivity contribution in [2.24, 2.45) is 0 Å². The molecule has 134 valence electrons. The molecular formula is C20H19ClN2O3. The van der Waals surface area contributed by atoms with Crippen LogP contribution in [0.3, 0.4) is 0 Å². The van der Waals surface area contributed by atoms with Gasteiger partial charge in [-0.2, -0.15) is 0 Å². The van der Waals surface area contributed by atoms with E-state index in [1.165, 1.54) is 13.0 Å². The average Bonchev–Trinajstić information content (AvgIpc) is 2.61. The number of nitrogens with one attached hydrogen (secondary N) is 2. The summed E-state index contributed by atoms with van der Waals surface area (Å²) in [5, 5.41) is 5.94. The Morgan fingerprint density at radius 2 is 1.65 bits per heavy atom. The highest BCUT2D eigenvalue weighted by Crippen LogP contribution is 2.14. The summed E-state index contributed by atoms with van der Waals surface area (Å²) in [6.07, 6.45) is 1.22. The van der Waals surface area contributed by atoms with Gasteiger partial charge < -0.3 is 10.6 Å². The van der Waals surface area contributed by atoms with Crippen LogP contribution in [0.15, 0.2) is 60.2 Å². The van der Waals surface area contributed by atoms with Gasteiger partial charge in [-0.15, -0.1) is 0 Å². The summed E-state index contributed by atoms with van der Waals surface area (Å²) in [5.41, 5.74) is 2.18. The number of halogens is 1. The normalized spacial score (nSPS) is 11.0. The highest BCUT2D eigenvalue weighted by atomic mass is 35.5. The van der Waals surface area contributed by atoms with Gasteiger partial charge in [0.15, 0.2) is 5.78 Å². The number of rotatable bonds is 6. The molecule has 2 rings (SSSR count). The van der Waals surface area contributed by atoms with E-state index in [-0.39, 0.29) is 23.8 Å². The van der Waals surface area contributed by atoms with E-state index in [0.717, 1.165) is 5.56 Å². The SMILES string of the molecule is CC(=O)c1ccc(NC(=O)/C=C(/C)C(=O)NCc2ccccc2Cl)cc1. The van der Waals surface area contributed by atoms with Gasteiger partial charge in [0.05, 0.1) is 0 Å². The fraction of sp³-hybridized carbons (Fsp3) is 0.150. The minimum atomic E-state index is -0.425. The molecule has 0 aliphatic carbocycles. The third kappa shape index (κ3) is 5.57. The summed E-state index contributed by atoms with van der Waals surface area (Å²) < 4.78 is 0. The number of benzene rings is 2. The molecule has 0 aliphatic rings. The number of Topliss-reactive ketones (excluding diaryl/α,β-unsaturated/α-hetero) is 1. The summed E-state index contributed by atoms with van der Waals surface area (Å²) in [5.74, 6) is -0.827. The maximum atomic E-state index is 12.1. The molecule has 6 heteroatoms. The van der Waals surface area contributed by atoms with Gasteiger partial charge in [0.1, 0.15) is 0 Å². The van der Waals surface area contributed by atoms with E-state index >= 15 is 0 Å². The number of hydrogen-bond acceptors (Lipinski definition) is 3. The molecule has 2 amide bonds. The highest BCUT2D eigenvalue weighted by molar-refractivity contribution is 6.31. The molecule has 5 nitrogen and oxygen atoms in total. The summed E-state index contributed by atoms with van der Waals surface area (Å²) in [6.45, 7) is 3.30. The van der Waals surface area contributed by atoms with E-state index in [1.807, 2.05) is 18.2 Å². The lowest BCUT2D eigenvalue weighted by Crippen LogP contribution is -2.24. The lowest BCUT2D eigenvalue weighted by atomic mass is 10.1. The van der Waals surface area contributed by atoms with Crippen LogP contribution < -0.4 is 10.6 Å². The molecule has 0 heterocycles. The Morgan fingerprint density at radius 3 is 2.27 bits per heavy atom. The number of amides is 2. The van der Waals surface area contributed by atoms with Gasteiger partial charge in [-0.25, -0.2) is 0 Å². The molecule has 0 aromatic heterocycles. The maximum absolute atomic E-state index is 12.1. The molecule has 2 aromatic rings. The van der Waals surface area contributed by atoms with Gasteiger partial charge >= 0.3 is 0 Å². The van der Waals surface area contributed by atoms with Crippen molar-refractivity contribution in [2.45, 2.75) is 20.4 Å². The van der Waals surface area contributed by atoms with E-state index in [0.29, 0.717) is 16.3 Å². The van der Waals surface area contributed by atoms with Crippen molar-refractivity contribution in [1.29, 1.82) is 0 Å². The third-order valence-corrected chi connectivity index (χ3v) is 4.03. The van der Waals surface area contributed by atoms with Crippen LogP contribution in [0.25, 0.3) is 0 Å². The Kier molecular flexibility index (Phi) is 6.69. The standard InChI is InChI=1S/C20H19ClN2O3/c1-13(20(26)22-12-16-5-3-4-6-18(16)21)11-19(25)23-17-9-7-15(8-10-17)14(2)24/h3-11H,12H2,1-2H3,(H,22,26)(H,23,25)/b13-11-. The van der Waals surface area contributed by atoms with Crippen molar-refractivity contribution in [3.05, 3.63) is 76.3 Å². The zero-order valence-corrected chi connectivity index (χ0v) is 15.3. The molecule has 0 unspecified atom stereocenters. The van der Waals surface area contributed by atoms with Crippen LogP contribution in [0.5, 0.6) is 0 Å². The van der Waals surface area contributed by atoms with Crippen LogP contribution in [0.2, 0.25) is 5.02 Å². The summed E-state index contributed by atoms with van der Waals surface area (Å²) in [7, 11) is 0. The number of ketones is 1. The van der Waals surface area contributed by atoms with Gasteiger partial charge in [-0.3, -0.25) is 14.4 Å². The molecule has 0 bridgehead atoms. The average molecular weight is 371 g/mol. The summed E-state index contributed by atoms with van der Waals surface area (Å²) in [6, 6.07) is 13.7. The van der Waals surface area contributed by atoms with Crippen molar-refractivity contribution in [3.8, 4) is 0 Å². The first-order valence-corrected chi connectivity index (χ1v) is 8.36. The van der Waals surface area contributed by atoms with Crippen molar-refractivity contribution >= 4 is 34.9 Å². The van der Waals surface area contributed by atoms with Crippen LogP contribution in [0, 0.1) is 0 Å². The van der Waals surface area contributed by atoms with Crippen LogP contribution in [-0.2, 0) is 16.1 Å². The molecular weight excluding hydrogens is 352 g/mol. The predicted molar refractivity (Wildman–Crippen MR) is 102 cm³/mol. The van der Waals surface area contributed by atoms with Crippen LogP contribution in [0.4, 0.5) is 5.69 Å². The monoisotopic (exact) mass is 370 g/mol. The minimum Gasteiger partial charge on any atom is -0.348 e. The quantitative estimate of drug-likeness (QED) is 0.600. The van der Waals surface area contributed by atoms with E-state index in [9.17, 15) is 14.4 Å². The van der Waals surface area contributed by atoms with E-state index in [1.54, 1.807) is 37.3 Å². The fourth-order valence-corrected chi connectivity index (χ4v) is 2.39. The Hall–Kier alpha value is -2.92. The zero-order chi connectivity index (χ0) is 19.1. The van der Waals surface area contributed by atoms with E-state index < -0.39 is 5.91 Å². The zero-order valence-electron chi connectivity index (χ0n) is 14.5. The van der Waals surface area contributed by atoms with Gasteiger partial charge in [0.25, 0.3) is 0 Å².